The van der Waals surface area contributed by atoms with E-state index in [1.54, 1.807) is 12.1 Å². The first-order valence-electron chi connectivity index (χ1n) is 4.31. The van der Waals surface area contributed by atoms with Gasteiger partial charge in [-0.1, -0.05) is 0 Å². The van der Waals surface area contributed by atoms with Gasteiger partial charge in [-0.3, -0.25) is 0 Å². The lowest BCUT2D eigenvalue weighted by molar-refractivity contribution is 0.0308. The van der Waals surface area contributed by atoms with Crippen molar-refractivity contribution in [1.29, 1.82) is 0 Å². The number of ether oxygens (including phenoxy) is 1. The van der Waals surface area contributed by atoms with Gasteiger partial charge in [-0.2, -0.15) is 0 Å². The summed E-state index contributed by atoms with van der Waals surface area (Å²) in [7, 11) is 0. The maximum absolute atomic E-state index is 11.3. The van der Waals surface area contributed by atoms with E-state index in [0.717, 1.165) is 19.5 Å². The number of hydrogen-bond donors (Lipinski definition) is 1. The summed E-state index contributed by atoms with van der Waals surface area (Å²) in [6.07, 6.45) is 2.34. The van der Waals surface area contributed by atoms with E-state index in [-0.39, 0.29) is 17.8 Å². The van der Waals surface area contributed by atoms with E-state index in [1.807, 2.05) is 0 Å². The molecule has 1 atom stereocenters. The van der Waals surface area contributed by atoms with Crippen LogP contribution in [-0.4, -0.2) is 25.2 Å². The third-order valence-corrected chi connectivity index (χ3v) is 2.01. The summed E-state index contributed by atoms with van der Waals surface area (Å²) in [5.41, 5.74) is 0. The topological polar surface area (TPSA) is 51.5 Å². The summed E-state index contributed by atoms with van der Waals surface area (Å²) in [6.45, 7) is 1.66. The Hall–Kier alpha value is -1.29. The van der Waals surface area contributed by atoms with Gasteiger partial charge in [-0.25, -0.2) is 4.79 Å². The van der Waals surface area contributed by atoms with Crippen LogP contribution in [0, 0.1) is 0 Å². The first kappa shape index (κ1) is 8.31. The fraction of sp³-hybridized carbons (Fsp3) is 0.444. The second-order valence-electron chi connectivity index (χ2n) is 3.00. The van der Waals surface area contributed by atoms with Crippen LogP contribution in [0.3, 0.4) is 0 Å². The number of esters is 1. The van der Waals surface area contributed by atoms with Crippen molar-refractivity contribution in [3.05, 3.63) is 24.2 Å². The Morgan fingerprint density at radius 2 is 2.62 bits per heavy atom. The summed E-state index contributed by atoms with van der Waals surface area (Å²) in [6, 6.07) is 3.27. The summed E-state index contributed by atoms with van der Waals surface area (Å²) < 4.78 is 10.1. The molecule has 1 aliphatic rings. The molecule has 13 heavy (non-hydrogen) atoms. The fourth-order valence-electron chi connectivity index (χ4n) is 1.33. The molecule has 0 bridgehead atoms. The van der Waals surface area contributed by atoms with Gasteiger partial charge in [0.25, 0.3) is 0 Å². The molecule has 0 aromatic carbocycles. The van der Waals surface area contributed by atoms with Gasteiger partial charge in [-0.05, 0) is 25.1 Å². The lowest BCUT2D eigenvalue weighted by atomic mass is 10.3. The minimum absolute atomic E-state index is 0.00222. The first-order valence-corrected chi connectivity index (χ1v) is 4.31. The molecule has 2 rings (SSSR count). The maximum atomic E-state index is 11.3. The van der Waals surface area contributed by atoms with Crippen molar-refractivity contribution in [2.45, 2.75) is 12.5 Å². The van der Waals surface area contributed by atoms with Crippen LogP contribution in [0.15, 0.2) is 22.8 Å². The van der Waals surface area contributed by atoms with Gasteiger partial charge in [0.1, 0.15) is 6.10 Å². The van der Waals surface area contributed by atoms with Crippen molar-refractivity contribution in [3.63, 3.8) is 0 Å². The van der Waals surface area contributed by atoms with Crippen LogP contribution >= 0.6 is 0 Å². The highest BCUT2D eigenvalue weighted by atomic mass is 16.6. The molecule has 2 heterocycles. The Morgan fingerprint density at radius 3 is 3.23 bits per heavy atom. The summed E-state index contributed by atoms with van der Waals surface area (Å²) in [5.74, 6) is -0.106. The molecule has 70 valence electrons. The largest absolute Gasteiger partial charge is 0.457 e. The number of carbonyl (C=O) groups is 1. The number of hydrogen-bond acceptors (Lipinski definition) is 4. The van der Waals surface area contributed by atoms with Crippen molar-refractivity contribution < 1.29 is 13.9 Å². The highest BCUT2D eigenvalue weighted by Gasteiger charge is 2.20. The van der Waals surface area contributed by atoms with Crippen LogP contribution in [0.4, 0.5) is 0 Å². The fourth-order valence-corrected chi connectivity index (χ4v) is 1.33. The van der Waals surface area contributed by atoms with E-state index < -0.39 is 0 Å². The smallest absolute Gasteiger partial charge is 0.374 e. The van der Waals surface area contributed by atoms with Crippen LogP contribution in [0.1, 0.15) is 17.0 Å². The summed E-state index contributed by atoms with van der Waals surface area (Å²) in [4.78, 5) is 11.3. The number of carbonyl (C=O) groups excluding carboxylic acids is 1. The molecule has 1 saturated heterocycles. The molecule has 1 fully saturated rings. The quantitative estimate of drug-likeness (QED) is 0.685. The van der Waals surface area contributed by atoms with Crippen LogP contribution in [0.25, 0.3) is 0 Å². The minimum Gasteiger partial charge on any atom is -0.457 e. The normalized spacial score (nSPS) is 21.7. The minimum atomic E-state index is -0.376. The molecule has 1 aliphatic heterocycles. The predicted molar refractivity (Wildman–Crippen MR) is 45.4 cm³/mol. The van der Waals surface area contributed by atoms with E-state index in [9.17, 15) is 4.79 Å². The molecule has 1 aromatic rings. The second-order valence-corrected chi connectivity index (χ2v) is 3.00. The van der Waals surface area contributed by atoms with Gasteiger partial charge in [-0.15, -0.1) is 0 Å². The van der Waals surface area contributed by atoms with E-state index in [2.05, 4.69) is 5.32 Å². The second kappa shape index (κ2) is 3.62. The van der Waals surface area contributed by atoms with Crippen molar-refractivity contribution in [1.82, 2.24) is 5.32 Å². The molecule has 0 unspecified atom stereocenters. The number of rotatable bonds is 2. The van der Waals surface area contributed by atoms with Crippen LogP contribution in [0.5, 0.6) is 0 Å². The van der Waals surface area contributed by atoms with Crippen molar-refractivity contribution in [2.24, 2.45) is 0 Å². The van der Waals surface area contributed by atoms with Gasteiger partial charge in [0.2, 0.25) is 5.76 Å². The van der Waals surface area contributed by atoms with Gasteiger partial charge in [0.05, 0.1) is 6.26 Å². The molecule has 0 radical (unpaired) electrons. The molecule has 0 saturated carbocycles. The number of furan rings is 1. The molecule has 4 heteroatoms. The van der Waals surface area contributed by atoms with Gasteiger partial charge in [0.15, 0.2) is 0 Å². The predicted octanol–water partition coefficient (Wildman–Crippen LogP) is 0.798. The SMILES string of the molecule is O=C(O[C@H]1CCNC1)c1ccco1. The molecule has 1 N–H and O–H groups in total. The maximum Gasteiger partial charge on any atom is 0.374 e. The zero-order valence-electron chi connectivity index (χ0n) is 7.16. The van der Waals surface area contributed by atoms with Crippen molar-refractivity contribution in [3.8, 4) is 0 Å². The molecule has 4 nitrogen and oxygen atoms in total. The van der Waals surface area contributed by atoms with Gasteiger partial charge < -0.3 is 14.5 Å². The molecule has 0 aliphatic carbocycles. The van der Waals surface area contributed by atoms with Crippen LogP contribution in [-0.2, 0) is 4.74 Å². The highest BCUT2D eigenvalue weighted by molar-refractivity contribution is 5.86. The Balaban J connectivity index is 1.91. The molecule has 1 aromatic heterocycles. The van der Waals surface area contributed by atoms with E-state index in [0.29, 0.717) is 0 Å². The van der Waals surface area contributed by atoms with Gasteiger partial charge >= 0.3 is 5.97 Å². The van der Waals surface area contributed by atoms with Crippen LogP contribution < -0.4 is 5.32 Å². The van der Waals surface area contributed by atoms with Crippen LogP contribution in [0.2, 0.25) is 0 Å². The molecular weight excluding hydrogens is 170 g/mol. The lowest BCUT2D eigenvalue weighted by Gasteiger charge is -2.08. The Kier molecular flexibility index (Phi) is 2.31. The molecule has 0 spiro atoms. The van der Waals surface area contributed by atoms with E-state index in [4.69, 9.17) is 9.15 Å². The highest BCUT2D eigenvalue weighted by Crippen LogP contribution is 2.08. The molecule has 0 amide bonds. The van der Waals surface area contributed by atoms with Crippen molar-refractivity contribution >= 4 is 5.97 Å². The van der Waals surface area contributed by atoms with Crippen molar-refractivity contribution in [2.75, 3.05) is 13.1 Å². The summed E-state index contributed by atoms with van der Waals surface area (Å²) in [5, 5.41) is 3.12. The third kappa shape index (κ3) is 1.89. The average molecular weight is 181 g/mol. The van der Waals surface area contributed by atoms with Gasteiger partial charge in [0, 0.05) is 6.54 Å². The Bertz CT molecular complexity index is 275. The Labute approximate surface area is 75.9 Å². The summed E-state index contributed by atoms with van der Waals surface area (Å²) >= 11 is 0. The monoisotopic (exact) mass is 181 g/mol. The third-order valence-electron chi connectivity index (χ3n) is 2.01. The standard InChI is InChI=1S/C9H11NO3/c11-9(8-2-1-5-12-8)13-7-3-4-10-6-7/h1-2,5,7,10H,3-4,6H2/t7-/m0/s1. The zero-order chi connectivity index (χ0) is 9.10. The first-order chi connectivity index (χ1) is 6.36. The lowest BCUT2D eigenvalue weighted by Crippen LogP contribution is -2.20. The average Bonchev–Trinajstić information content (AvgIpc) is 2.74. The number of nitrogens with one attached hydrogen (secondary N) is 1. The van der Waals surface area contributed by atoms with E-state index >= 15 is 0 Å². The van der Waals surface area contributed by atoms with E-state index in [1.165, 1.54) is 6.26 Å². The Morgan fingerprint density at radius 1 is 1.69 bits per heavy atom. The zero-order valence-corrected chi connectivity index (χ0v) is 7.16. The molecular formula is C9H11NO3.